The molecule has 0 aliphatic rings. The van der Waals surface area contributed by atoms with Crippen LogP contribution in [0.1, 0.15) is 5.56 Å². The van der Waals surface area contributed by atoms with Crippen LogP contribution in [-0.2, 0) is 6.61 Å². The Morgan fingerprint density at radius 2 is 2.18 bits per heavy atom. The van der Waals surface area contributed by atoms with Crippen molar-refractivity contribution < 1.29 is 9.50 Å². The minimum Gasteiger partial charge on any atom is -0.392 e. The third-order valence-corrected chi connectivity index (χ3v) is 2.14. The van der Waals surface area contributed by atoms with Crippen molar-refractivity contribution in [3.63, 3.8) is 0 Å². The van der Waals surface area contributed by atoms with E-state index in [1.165, 1.54) is 6.07 Å². The summed E-state index contributed by atoms with van der Waals surface area (Å²) in [6.07, 6.45) is 0. The highest BCUT2D eigenvalue weighted by Crippen LogP contribution is 2.21. The molecule has 1 N–H and O–H groups in total. The van der Waals surface area contributed by atoms with Crippen LogP contribution < -0.4 is 0 Å². The van der Waals surface area contributed by atoms with Crippen molar-refractivity contribution >= 4 is 34.2 Å². The Morgan fingerprint density at radius 1 is 1.55 bits per heavy atom. The fourth-order valence-electron chi connectivity index (χ4n) is 0.724. The Morgan fingerprint density at radius 3 is 2.73 bits per heavy atom. The molecule has 11 heavy (non-hydrogen) atoms. The van der Waals surface area contributed by atoms with Crippen molar-refractivity contribution in [3.8, 4) is 0 Å². The standard InChI is InChI=1S/C7H5ClFIO/c8-6-2-5(10)1-4(3-11)7(6)9/h1-2,11H,3H2. The van der Waals surface area contributed by atoms with E-state index in [1.54, 1.807) is 6.07 Å². The third kappa shape index (κ3) is 2.04. The summed E-state index contributed by atoms with van der Waals surface area (Å²) in [7, 11) is 0. The van der Waals surface area contributed by atoms with Gasteiger partial charge in [-0.3, -0.25) is 0 Å². The van der Waals surface area contributed by atoms with Crippen LogP contribution in [-0.4, -0.2) is 5.11 Å². The first-order chi connectivity index (χ1) is 5.15. The SMILES string of the molecule is OCc1cc(I)cc(Cl)c1F. The molecule has 1 aromatic carbocycles. The number of hydrogen-bond acceptors (Lipinski definition) is 1. The maximum absolute atomic E-state index is 12.9. The largest absolute Gasteiger partial charge is 0.392 e. The van der Waals surface area contributed by atoms with E-state index in [-0.39, 0.29) is 17.2 Å². The molecule has 0 saturated carbocycles. The third-order valence-electron chi connectivity index (χ3n) is 1.24. The molecule has 1 nitrogen and oxygen atoms in total. The molecule has 0 amide bonds. The second-order valence-corrected chi connectivity index (χ2v) is 3.67. The van der Waals surface area contributed by atoms with E-state index >= 15 is 0 Å². The summed E-state index contributed by atoms with van der Waals surface area (Å²) in [4.78, 5) is 0. The van der Waals surface area contributed by atoms with Crippen molar-refractivity contribution in [2.45, 2.75) is 6.61 Å². The minimum absolute atomic E-state index is 0.0564. The second kappa shape index (κ2) is 3.69. The van der Waals surface area contributed by atoms with Gasteiger partial charge in [-0.15, -0.1) is 0 Å². The Labute approximate surface area is 82.3 Å². The molecule has 0 aliphatic carbocycles. The number of halogens is 3. The lowest BCUT2D eigenvalue weighted by Crippen LogP contribution is -1.91. The first-order valence-electron chi connectivity index (χ1n) is 2.89. The molecular formula is C7H5ClFIO. The molecule has 4 heteroatoms. The van der Waals surface area contributed by atoms with Gasteiger partial charge in [0.25, 0.3) is 0 Å². The molecule has 0 fully saturated rings. The fraction of sp³-hybridized carbons (Fsp3) is 0.143. The van der Waals surface area contributed by atoms with Gasteiger partial charge in [-0.1, -0.05) is 11.6 Å². The van der Waals surface area contributed by atoms with E-state index in [0.29, 0.717) is 0 Å². The van der Waals surface area contributed by atoms with Gasteiger partial charge in [0.1, 0.15) is 5.82 Å². The maximum atomic E-state index is 12.9. The predicted molar refractivity (Wildman–Crippen MR) is 50.0 cm³/mol. The van der Waals surface area contributed by atoms with Crippen molar-refractivity contribution in [2.24, 2.45) is 0 Å². The average molecular weight is 286 g/mol. The summed E-state index contributed by atoms with van der Waals surface area (Å²) in [6.45, 7) is -0.317. The number of benzene rings is 1. The van der Waals surface area contributed by atoms with Crippen LogP contribution in [0, 0.1) is 9.39 Å². The van der Waals surface area contributed by atoms with Crippen molar-refractivity contribution in [3.05, 3.63) is 32.1 Å². The molecule has 60 valence electrons. The monoisotopic (exact) mass is 286 g/mol. The zero-order valence-electron chi connectivity index (χ0n) is 5.44. The molecule has 0 bridgehead atoms. The van der Waals surface area contributed by atoms with Crippen LogP contribution in [0.3, 0.4) is 0 Å². The van der Waals surface area contributed by atoms with Crippen LogP contribution in [0.2, 0.25) is 5.02 Å². The Bertz CT molecular complexity index is 277. The lowest BCUT2D eigenvalue weighted by atomic mass is 10.2. The summed E-state index contributed by atoms with van der Waals surface area (Å²) < 4.78 is 13.7. The summed E-state index contributed by atoms with van der Waals surface area (Å²) >= 11 is 7.52. The molecule has 0 radical (unpaired) electrons. The molecule has 0 aliphatic heterocycles. The molecule has 0 heterocycles. The van der Waals surface area contributed by atoms with E-state index in [2.05, 4.69) is 0 Å². The number of rotatable bonds is 1. The Kier molecular flexibility index (Phi) is 3.09. The molecule has 1 rings (SSSR count). The van der Waals surface area contributed by atoms with E-state index in [4.69, 9.17) is 16.7 Å². The van der Waals surface area contributed by atoms with Crippen LogP contribution in [0.5, 0.6) is 0 Å². The van der Waals surface area contributed by atoms with Crippen LogP contribution in [0.25, 0.3) is 0 Å². The number of hydrogen-bond donors (Lipinski definition) is 1. The van der Waals surface area contributed by atoms with Crippen LogP contribution >= 0.6 is 34.2 Å². The molecule has 0 saturated heterocycles. The molecule has 0 unspecified atom stereocenters. The van der Waals surface area contributed by atoms with Crippen LogP contribution in [0.15, 0.2) is 12.1 Å². The number of aliphatic hydroxyl groups excluding tert-OH is 1. The second-order valence-electron chi connectivity index (χ2n) is 2.02. The smallest absolute Gasteiger partial charge is 0.147 e. The minimum atomic E-state index is -0.533. The zero-order valence-corrected chi connectivity index (χ0v) is 8.36. The number of aliphatic hydroxyl groups is 1. The van der Waals surface area contributed by atoms with E-state index in [9.17, 15) is 4.39 Å². The normalized spacial score (nSPS) is 10.2. The fourth-order valence-corrected chi connectivity index (χ4v) is 1.83. The van der Waals surface area contributed by atoms with Gasteiger partial charge in [-0.25, -0.2) is 4.39 Å². The van der Waals surface area contributed by atoms with Crippen molar-refractivity contribution in [2.75, 3.05) is 0 Å². The summed E-state index contributed by atoms with van der Waals surface area (Å²) in [6, 6.07) is 3.07. The molecule has 0 atom stereocenters. The molecular weight excluding hydrogens is 281 g/mol. The lowest BCUT2D eigenvalue weighted by Gasteiger charge is -2.01. The van der Waals surface area contributed by atoms with Crippen LogP contribution in [0.4, 0.5) is 4.39 Å². The topological polar surface area (TPSA) is 20.2 Å². The van der Waals surface area contributed by atoms with Gasteiger partial charge in [0.15, 0.2) is 0 Å². The highest BCUT2D eigenvalue weighted by molar-refractivity contribution is 14.1. The molecule has 0 spiro atoms. The zero-order chi connectivity index (χ0) is 8.43. The predicted octanol–water partition coefficient (Wildman–Crippen LogP) is 2.58. The van der Waals surface area contributed by atoms with Crippen molar-refractivity contribution in [1.82, 2.24) is 0 Å². The summed E-state index contributed by atoms with van der Waals surface area (Å²) in [5, 5.41) is 8.72. The first-order valence-corrected chi connectivity index (χ1v) is 4.35. The quantitative estimate of drug-likeness (QED) is 0.621. The summed E-state index contributed by atoms with van der Waals surface area (Å²) in [5.41, 5.74) is 0.238. The van der Waals surface area contributed by atoms with Gasteiger partial charge < -0.3 is 5.11 Å². The van der Waals surface area contributed by atoms with Gasteiger partial charge in [0.2, 0.25) is 0 Å². The van der Waals surface area contributed by atoms with E-state index < -0.39 is 5.82 Å². The Balaban J connectivity index is 3.24. The van der Waals surface area contributed by atoms with Crippen molar-refractivity contribution in [1.29, 1.82) is 0 Å². The average Bonchev–Trinajstić information content (AvgIpc) is 1.96. The van der Waals surface area contributed by atoms with E-state index in [1.807, 2.05) is 22.6 Å². The maximum Gasteiger partial charge on any atom is 0.147 e. The molecule has 0 aromatic heterocycles. The summed E-state index contributed by atoms with van der Waals surface area (Å²) in [5.74, 6) is -0.533. The first kappa shape index (κ1) is 9.22. The van der Waals surface area contributed by atoms with Gasteiger partial charge in [0.05, 0.1) is 11.6 Å². The Hall–Kier alpha value is 0.130. The van der Waals surface area contributed by atoms with Gasteiger partial charge >= 0.3 is 0 Å². The van der Waals surface area contributed by atoms with E-state index in [0.717, 1.165) is 3.57 Å². The molecule has 1 aromatic rings. The van der Waals surface area contributed by atoms with Gasteiger partial charge in [0, 0.05) is 9.13 Å². The highest BCUT2D eigenvalue weighted by Gasteiger charge is 2.06. The van der Waals surface area contributed by atoms with Gasteiger partial charge in [-0.2, -0.15) is 0 Å². The highest BCUT2D eigenvalue weighted by atomic mass is 127. The van der Waals surface area contributed by atoms with Gasteiger partial charge in [-0.05, 0) is 34.7 Å². The lowest BCUT2D eigenvalue weighted by molar-refractivity contribution is 0.275.